The number of hydrogen-bond donors (Lipinski definition) is 0. The van der Waals surface area contributed by atoms with E-state index < -0.39 is 0 Å². The summed E-state index contributed by atoms with van der Waals surface area (Å²) < 4.78 is 11.8. The summed E-state index contributed by atoms with van der Waals surface area (Å²) in [5.74, 6) is 1.56. The van der Waals surface area contributed by atoms with Crippen molar-refractivity contribution in [3.63, 3.8) is 0 Å². The maximum absolute atomic E-state index is 6.59. The van der Waals surface area contributed by atoms with Crippen LogP contribution in [0, 0.1) is 0 Å². The van der Waals surface area contributed by atoms with Gasteiger partial charge in [0.25, 0.3) is 0 Å². The molecule has 26 heavy (non-hydrogen) atoms. The molecular weight excluding hydrogens is 371 g/mol. The van der Waals surface area contributed by atoms with Gasteiger partial charge in [-0.1, -0.05) is 41.9 Å². The van der Waals surface area contributed by atoms with Gasteiger partial charge in [0.2, 0.25) is 0 Å². The van der Waals surface area contributed by atoms with Gasteiger partial charge < -0.3 is 19.0 Å². The van der Waals surface area contributed by atoms with Crippen LogP contribution in [0.2, 0.25) is 5.02 Å². The molecule has 0 bridgehead atoms. The fourth-order valence-electron chi connectivity index (χ4n) is 3.40. The highest BCUT2D eigenvalue weighted by Gasteiger charge is 2.27. The van der Waals surface area contributed by atoms with Crippen molar-refractivity contribution in [2.45, 2.75) is 0 Å². The summed E-state index contributed by atoms with van der Waals surface area (Å²) in [6.07, 6.45) is 0. The normalized spacial score (nSPS) is 15.1. The van der Waals surface area contributed by atoms with Gasteiger partial charge in [0.05, 0.1) is 23.2 Å². The first-order valence-corrected chi connectivity index (χ1v) is 8.84. The third kappa shape index (κ3) is 3.25. The first-order valence-electron chi connectivity index (χ1n) is 8.47. The number of likely N-dealkylation sites (N-methyl/N-ethyl adjacent to an activating group) is 1. The summed E-state index contributed by atoms with van der Waals surface area (Å²) in [5.41, 5.74) is 2.83. The molecule has 0 amide bonds. The van der Waals surface area contributed by atoms with E-state index in [0.29, 0.717) is 16.4 Å². The van der Waals surface area contributed by atoms with Crippen LogP contribution in [0.25, 0.3) is 22.3 Å². The van der Waals surface area contributed by atoms with Gasteiger partial charge in [0, 0.05) is 31.7 Å². The first-order chi connectivity index (χ1) is 12.2. The molecule has 0 N–H and O–H groups in total. The molecule has 6 heteroatoms. The molecule has 1 aromatic heterocycles. The highest BCUT2D eigenvalue weighted by atomic mass is 35.5. The molecule has 1 aliphatic heterocycles. The summed E-state index contributed by atoms with van der Waals surface area (Å²) in [7, 11) is 3.81. The summed E-state index contributed by atoms with van der Waals surface area (Å²) >= 11 is 6.59. The van der Waals surface area contributed by atoms with Crippen molar-refractivity contribution in [3.8, 4) is 17.1 Å². The maximum Gasteiger partial charge on any atom is 0.180 e. The molecule has 0 unspecified atom stereocenters. The highest BCUT2D eigenvalue weighted by Crippen LogP contribution is 2.46. The molecule has 2 aromatic carbocycles. The van der Waals surface area contributed by atoms with Crippen LogP contribution in [0.5, 0.6) is 5.75 Å². The van der Waals surface area contributed by atoms with Crippen molar-refractivity contribution < 1.29 is 9.15 Å². The lowest BCUT2D eigenvalue weighted by Gasteiger charge is -2.34. The van der Waals surface area contributed by atoms with Crippen LogP contribution < -0.4 is 9.64 Å². The maximum atomic E-state index is 6.59. The van der Waals surface area contributed by atoms with Gasteiger partial charge in [0.1, 0.15) is 0 Å². The van der Waals surface area contributed by atoms with E-state index in [0.717, 1.165) is 48.6 Å². The molecular formula is C20H22Cl2N2O2. The molecule has 3 aromatic rings. The Morgan fingerprint density at radius 2 is 1.69 bits per heavy atom. The zero-order chi connectivity index (χ0) is 17.4. The second kappa shape index (κ2) is 7.78. The largest absolute Gasteiger partial charge is 0.493 e. The van der Waals surface area contributed by atoms with E-state index in [2.05, 4.69) is 29.0 Å². The van der Waals surface area contributed by atoms with Gasteiger partial charge in [0.15, 0.2) is 17.1 Å². The average molecular weight is 393 g/mol. The molecule has 138 valence electrons. The summed E-state index contributed by atoms with van der Waals surface area (Å²) in [6, 6.07) is 13.9. The van der Waals surface area contributed by atoms with Gasteiger partial charge >= 0.3 is 0 Å². The second-order valence-corrected chi connectivity index (χ2v) is 6.80. The number of benzene rings is 2. The molecule has 0 atom stereocenters. The van der Waals surface area contributed by atoms with E-state index in [1.165, 1.54) is 0 Å². The lowest BCUT2D eigenvalue weighted by molar-refractivity contribution is 0.313. The van der Waals surface area contributed by atoms with Crippen LogP contribution in [-0.2, 0) is 0 Å². The average Bonchev–Trinajstić information content (AvgIpc) is 3.05. The Kier molecular flexibility index (Phi) is 5.66. The zero-order valence-corrected chi connectivity index (χ0v) is 16.4. The molecule has 4 rings (SSSR count). The summed E-state index contributed by atoms with van der Waals surface area (Å²) in [5, 5.41) is 1.63. The number of furan rings is 1. The van der Waals surface area contributed by atoms with E-state index in [4.69, 9.17) is 20.8 Å². The minimum absolute atomic E-state index is 0. The number of rotatable bonds is 3. The number of piperazine rings is 1. The van der Waals surface area contributed by atoms with Gasteiger partial charge in [-0.25, -0.2) is 0 Å². The van der Waals surface area contributed by atoms with Crippen molar-refractivity contribution in [2.24, 2.45) is 0 Å². The molecule has 0 spiro atoms. The Bertz CT molecular complexity index is 888. The molecule has 0 radical (unpaired) electrons. The van der Waals surface area contributed by atoms with Crippen molar-refractivity contribution >= 4 is 40.7 Å². The SMILES string of the molecule is COc1ccc(Cl)c2c(N3CCN(C)CC3)c(-c3ccccc3)oc12.Cl. The summed E-state index contributed by atoms with van der Waals surface area (Å²) in [4.78, 5) is 4.71. The topological polar surface area (TPSA) is 28.9 Å². The molecule has 1 aliphatic rings. The molecule has 0 saturated carbocycles. The molecule has 2 heterocycles. The van der Waals surface area contributed by atoms with Crippen molar-refractivity contribution in [2.75, 3.05) is 45.2 Å². The Morgan fingerprint density at radius 1 is 1.00 bits per heavy atom. The van der Waals surface area contributed by atoms with Crippen LogP contribution in [0.4, 0.5) is 5.69 Å². The van der Waals surface area contributed by atoms with E-state index in [1.807, 2.05) is 30.3 Å². The van der Waals surface area contributed by atoms with Crippen LogP contribution in [0.15, 0.2) is 46.9 Å². The highest BCUT2D eigenvalue weighted by molar-refractivity contribution is 6.37. The number of methoxy groups -OCH3 is 1. The molecule has 1 fully saturated rings. The second-order valence-electron chi connectivity index (χ2n) is 6.39. The molecule has 4 nitrogen and oxygen atoms in total. The van der Waals surface area contributed by atoms with E-state index in [9.17, 15) is 0 Å². The minimum atomic E-state index is 0. The Morgan fingerprint density at radius 3 is 2.35 bits per heavy atom. The van der Waals surface area contributed by atoms with Gasteiger partial charge in [-0.3, -0.25) is 0 Å². The van der Waals surface area contributed by atoms with Gasteiger partial charge in [-0.2, -0.15) is 0 Å². The van der Waals surface area contributed by atoms with Crippen molar-refractivity contribution in [3.05, 3.63) is 47.5 Å². The van der Waals surface area contributed by atoms with Crippen molar-refractivity contribution in [1.82, 2.24) is 4.90 Å². The van der Waals surface area contributed by atoms with Crippen molar-refractivity contribution in [1.29, 1.82) is 0 Å². The number of nitrogens with zero attached hydrogens (tertiary/aromatic N) is 2. The van der Waals surface area contributed by atoms with Crippen LogP contribution in [0.1, 0.15) is 0 Å². The fraction of sp³-hybridized carbons (Fsp3) is 0.300. The number of hydrogen-bond acceptors (Lipinski definition) is 4. The van der Waals surface area contributed by atoms with Crippen LogP contribution >= 0.6 is 24.0 Å². The fourth-order valence-corrected chi connectivity index (χ4v) is 3.64. The quantitative estimate of drug-likeness (QED) is 0.631. The monoisotopic (exact) mass is 392 g/mol. The zero-order valence-electron chi connectivity index (χ0n) is 14.9. The smallest absolute Gasteiger partial charge is 0.180 e. The predicted molar refractivity (Wildman–Crippen MR) is 110 cm³/mol. The Labute approximate surface area is 164 Å². The first kappa shape index (κ1) is 18.9. The number of ether oxygens (including phenoxy) is 1. The Hall–Kier alpha value is -1.88. The molecule has 0 aliphatic carbocycles. The molecule has 1 saturated heterocycles. The van der Waals surface area contributed by atoms with E-state index >= 15 is 0 Å². The van der Waals surface area contributed by atoms with E-state index in [-0.39, 0.29) is 12.4 Å². The Balaban J connectivity index is 0.00000196. The minimum Gasteiger partial charge on any atom is -0.493 e. The van der Waals surface area contributed by atoms with Crippen LogP contribution in [-0.4, -0.2) is 45.2 Å². The predicted octanol–water partition coefficient (Wildman–Crippen LogP) is 4.94. The number of halogens is 2. The van der Waals surface area contributed by atoms with E-state index in [1.54, 1.807) is 7.11 Å². The summed E-state index contributed by atoms with van der Waals surface area (Å²) in [6.45, 7) is 3.92. The van der Waals surface area contributed by atoms with Gasteiger partial charge in [-0.05, 0) is 19.2 Å². The number of fused-ring (bicyclic) bond motifs is 1. The third-order valence-electron chi connectivity index (χ3n) is 4.80. The van der Waals surface area contributed by atoms with Gasteiger partial charge in [-0.15, -0.1) is 12.4 Å². The van der Waals surface area contributed by atoms with Crippen LogP contribution in [0.3, 0.4) is 0 Å². The lowest BCUT2D eigenvalue weighted by Crippen LogP contribution is -2.44. The standard InChI is InChI=1S/C20H21ClN2O2.ClH/c1-22-10-12-23(13-11-22)18-17-15(21)8-9-16(24-2)20(17)25-19(18)14-6-4-3-5-7-14;/h3-9H,10-13H2,1-2H3;1H. The lowest BCUT2D eigenvalue weighted by atomic mass is 10.1. The number of anilines is 1. The third-order valence-corrected chi connectivity index (χ3v) is 5.12.